The molecule has 0 fully saturated rings. The van der Waals surface area contributed by atoms with E-state index in [9.17, 15) is 14.7 Å². The van der Waals surface area contributed by atoms with Crippen molar-refractivity contribution in [2.75, 3.05) is 6.61 Å². The second-order valence-electron chi connectivity index (χ2n) is 6.95. The first-order valence-electron chi connectivity index (χ1n) is 9.66. The van der Waals surface area contributed by atoms with Crippen molar-refractivity contribution < 1.29 is 28.9 Å². The highest BCUT2D eigenvalue weighted by molar-refractivity contribution is 5.88. The summed E-state index contributed by atoms with van der Waals surface area (Å²) in [4.78, 5) is 23.4. The molecule has 0 bridgehead atoms. The zero-order chi connectivity index (χ0) is 22.8. The Bertz CT molecular complexity index is 955. The fourth-order valence-corrected chi connectivity index (χ4v) is 2.31. The number of benzene rings is 2. The van der Waals surface area contributed by atoms with Gasteiger partial charge in [-0.25, -0.2) is 9.59 Å². The first kappa shape index (κ1) is 23.6. The molecule has 1 unspecified atom stereocenters. The molecule has 2 rings (SSSR count). The van der Waals surface area contributed by atoms with Crippen LogP contribution in [0.1, 0.15) is 25.0 Å². The lowest BCUT2D eigenvalue weighted by atomic mass is 10.1. The van der Waals surface area contributed by atoms with Crippen molar-refractivity contribution in [2.45, 2.75) is 26.6 Å². The predicted molar refractivity (Wildman–Crippen MR) is 118 cm³/mol. The van der Waals surface area contributed by atoms with E-state index in [1.807, 2.05) is 0 Å². The summed E-state index contributed by atoms with van der Waals surface area (Å²) in [7, 11) is 0. The standard InChI is InChI=1S/C25H26O6/c1-17(2)24(27)29-16-15-20-7-10-21(11-8-20)30-23(26)14-9-19-5-12-22(13-6-19)31-25(28)18(3)4/h5-14,25,28H,1,3,15-16H2,2,4H3/b14-9+. The van der Waals surface area contributed by atoms with Gasteiger partial charge in [-0.05, 0) is 60.9 Å². The smallest absolute Gasteiger partial charge is 0.336 e. The molecule has 0 radical (unpaired) electrons. The Morgan fingerprint density at radius 1 is 1.00 bits per heavy atom. The number of carbonyl (C=O) groups is 2. The molecule has 6 nitrogen and oxygen atoms in total. The summed E-state index contributed by atoms with van der Waals surface area (Å²) in [5.74, 6) is -0.0234. The van der Waals surface area contributed by atoms with E-state index < -0.39 is 18.2 Å². The lowest BCUT2D eigenvalue weighted by Gasteiger charge is -2.12. The molecule has 0 aliphatic heterocycles. The van der Waals surface area contributed by atoms with Gasteiger partial charge >= 0.3 is 11.9 Å². The van der Waals surface area contributed by atoms with Crippen molar-refractivity contribution in [1.29, 1.82) is 0 Å². The highest BCUT2D eigenvalue weighted by Gasteiger charge is 2.06. The summed E-state index contributed by atoms with van der Waals surface area (Å²) in [5.41, 5.74) is 2.59. The van der Waals surface area contributed by atoms with Gasteiger partial charge < -0.3 is 19.3 Å². The third-order valence-electron chi connectivity index (χ3n) is 4.08. The molecule has 0 saturated carbocycles. The molecular weight excluding hydrogens is 396 g/mol. The van der Waals surface area contributed by atoms with Crippen LogP contribution in [0.3, 0.4) is 0 Å². The highest BCUT2D eigenvalue weighted by atomic mass is 16.6. The number of aliphatic hydroxyl groups excluding tert-OH is 1. The zero-order valence-electron chi connectivity index (χ0n) is 17.7. The van der Waals surface area contributed by atoms with Crippen LogP contribution in [0.2, 0.25) is 0 Å². The number of carbonyl (C=O) groups excluding carboxylic acids is 2. The van der Waals surface area contributed by atoms with E-state index in [1.54, 1.807) is 68.5 Å². The van der Waals surface area contributed by atoms with E-state index >= 15 is 0 Å². The number of esters is 2. The Labute approximate surface area is 182 Å². The lowest BCUT2D eigenvalue weighted by molar-refractivity contribution is -0.138. The van der Waals surface area contributed by atoms with E-state index in [0.717, 1.165) is 11.1 Å². The zero-order valence-corrected chi connectivity index (χ0v) is 17.7. The molecule has 0 aromatic heterocycles. The minimum atomic E-state index is -1.06. The number of hydrogen-bond acceptors (Lipinski definition) is 6. The van der Waals surface area contributed by atoms with Crippen LogP contribution in [0.25, 0.3) is 6.08 Å². The van der Waals surface area contributed by atoms with Crippen LogP contribution in [0.4, 0.5) is 0 Å². The Morgan fingerprint density at radius 3 is 2.19 bits per heavy atom. The minimum Gasteiger partial charge on any atom is -0.462 e. The van der Waals surface area contributed by atoms with Crippen molar-refractivity contribution >= 4 is 18.0 Å². The van der Waals surface area contributed by atoms with Crippen molar-refractivity contribution in [2.24, 2.45) is 0 Å². The first-order valence-corrected chi connectivity index (χ1v) is 9.66. The van der Waals surface area contributed by atoms with Gasteiger partial charge in [0.15, 0.2) is 0 Å². The molecule has 162 valence electrons. The molecule has 1 N–H and O–H groups in total. The maximum absolute atomic E-state index is 12.0. The first-order chi connectivity index (χ1) is 14.7. The number of aliphatic hydroxyl groups is 1. The Balaban J connectivity index is 1.82. The van der Waals surface area contributed by atoms with Crippen LogP contribution in [-0.2, 0) is 20.7 Å². The van der Waals surface area contributed by atoms with Gasteiger partial charge in [-0.15, -0.1) is 0 Å². The third kappa shape index (κ3) is 8.32. The summed E-state index contributed by atoms with van der Waals surface area (Å²) in [6, 6.07) is 13.8. The van der Waals surface area contributed by atoms with Gasteiger partial charge in [0.25, 0.3) is 0 Å². The summed E-state index contributed by atoms with van der Waals surface area (Å²) in [6.07, 6.45) is 2.43. The normalized spacial score (nSPS) is 11.6. The molecule has 1 atom stereocenters. The summed E-state index contributed by atoms with van der Waals surface area (Å²) < 4.78 is 15.6. The molecule has 6 heteroatoms. The fraction of sp³-hybridized carbons (Fsp3) is 0.200. The van der Waals surface area contributed by atoms with Crippen LogP contribution in [0.15, 0.2) is 78.9 Å². The molecule has 0 aliphatic rings. The van der Waals surface area contributed by atoms with Gasteiger partial charge in [0.2, 0.25) is 6.29 Å². The summed E-state index contributed by atoms with van der Waals surface area (Å²) in [6.45, 7) is 10.7. The Morgan fingerprint density at radius 2 is 1.61 bits per heavy atom. The highest BCUT2D eigenvalue weighted by Crippen LogP contribution is 2.17. The SMILES string of the molecule is C=C(C)C(=O)OCCc1ccc(OC(=O)/C=C/c2ccc(OC(O)C(=C)C)cc2)cc1. The Kier molecular flexibility index (Phi) is 8.78. The van der Waals surface area contributed by atoms with Gasteiger partial charge in [0.05, 0.1) is 6.61 Å². The maximum atomic E-state index is 12.0. The van der Waals surface area contributed by atoms with Crippen molar-refractivity contribution in [3.05, 3.63) is 90.0 Å². The van der Waals surface area contributed by atoms with E-state index in [-0.39, 0.29) is 6.61 Å². The molecule has 2 aromatic carbocycles. The number of rotatable bonds is 10. The topological polar surface area (TPSA) is 82.1 Å². The van der Waals surface area contributed by atoms with Gasteiger partial charge in [0.1, 0.15) is 11.5 Å². The van der Waals surface area contributed by atoms with Gasteiger partial charge in [0, 0.05) is 18.1 Å². The van der Waals surface area contributed by atoms with Gasteiger partial charge in [-0.1, -0.05) is 37.4 Å². The van der Waals surface area contributed by atoms with E-state index in [0.29, 0.717) is 29.1 Å². The van der Waals surface area contributed by atoms with E-state index in [4.69, 9.17) is 14.2 Å². The van der Waals surface area contributed by atoms with Crippen LogP contribution in [0, 0.1) is 0 Å². The second kappa shape index (κ2) is 11.5. The quantitative estimate of drug-likeness (QED) is 0.203. The second-order valence-corrected chi connectivity index (χ2v) is 6.95. The van der Waals surface area contributed by atoms with E-state index in [1.165, 1.54) is 6.08 Å². The van der Waals surface area contributed by atoms with Gasteiger partial charge in [-0.3, -0.25) is 0 Å². The molecule has 0 saturated heterocycles. The van der Waals surface area contributed by atoms with Crippen LogP contribution >= 0.6 is 0 Å². The Hall–Kier alpha value is -3.64. The van der Waals surface area contributed by atoms with Crippen molar-refractivity contribution in [1.82, 2.24) is 0 Å². The molecule has 0 aliphatic carbocycles. The minimum absolute atomic E-state index is 0.254. The van der Waals surface area contributed by atoms with Crippen LogP contribution < -0.4 is 9.47 Å². The molecule has 2 aromatic rings. The lowest BCUT2D eigenvalue weighted by Crippen LogP contribution is -2.15. The van der Waals surface area contributed by atoms with Crippen LogP contribution in [-0.4, -0.2) is 29.9 Å². The average Bonchev–Trinajstić information content (AvgIpc) is 2.74. The monoisotopic (exact) mass is 422 g/mol. The average molecular weight is 422 g/mol. The molecule has 31 heavy (non-hydrogen) atoms. The van der Waals surface area contributed by atoms with Crippen molar-refractivity contribution in [3.63, 3.8) is 0 Å². The maximum Gasteiger partial charge on any atom is 0.336 e. The fourth-order valence-electron chi connectivity index (χ4n) is 2.31. The van der Waals surface area contributed by atoms with E-state index in [2.05, 4.69) is 13.2 Å². The number of ether oxygens (including phenoxy) is 3. The molecule has 0 heterocycles. The molecular formula is C25H26O6. The summed E-state index contributed by atoms with van der Waals surface area (Å²) in [5, 5.41) is 9.65. The number of hydrogen-bond donors (Lipinski definition) is 1. The van der Waals surface area contributed by atoms with Crippen LogP contribution in [0.5, 0.6) is 11.5 Å². The largest absolute Gasteiger partial charge is 0.462 e. The van der Waals surface area contributed by atoms with Crippen molar-refractivity contribution in [3.8, 4) is 11.5 Å². The predicted octanol–water partition coefficient (Wildman–Crippen LogP) is 4.24. The third-order valence-corrected chi connectivity index (χ3v) is 4.08. The molecule has 0 spiro atoms. The summed E-state index contributed by atoms with van der Waals surface area (Å²) >= 11 is 0. The van der Waals surface area contributed by atoms with Gasteiger partial charge in [-0.2, -0.15) is 0 Å². The molecule has 0 amide bonds.